The predicted molar refractivity (Wildman–Crippen MR) is 172 cm³/mol. The lowest BCUT2D eigenvalue weighted by Crippen LogP contribution is -2.74. The number of para-hydroxylation sites is 2. The molecule has 10 heteroatoms. The first-order valence-corrected chi connectivity index (χ1v) is 16.5. The molecule has 7 nitrogen and oxygen atoms in total. The number of thiophene rings is 1. The van der Waals surface area contributed by atoms with Gasteiger partial charge in [-0.25, -0.2) is 9.16 Å². The maximum absolute atomic E-state index is 14.7. The molecule has 2 saturated heterocycles. The third kappa shape index (κ3) is 4.52. The topological polar surface area (TPSA) is 63.9 Å². The van der Waals surface area contributed by atoms with Gasteiger partial charge in [0.2, 0.25) is 6.04 Å². The Labute approximate surface area is 261 Å². The zero-order valence-electron chi connectivity index (χ0n) is 23.2. The second-order valence-corrected chi connectivity index (χ2v) is 15.0. The number of aromatic nitrogens is 4. The zero-order valence-corrected chi connectivity index (χ0v) is 26.5. The Morgan fingerprint density at radius 1 is 0.905 bits per heavy atom. The monoisotopic (exact) mass is 657 g/mol. The normalized spacial score (nSPS) is 21.3. The van der Waals surface area contributed by atoms with Crippen LogP contribution in [0.25, 0.3) is 0 Å². The van der Waals surface area contributed by atoms with Crippen molar-refractivity contribution in [3.8, 4) is 0 Å². The smallest absolute Gasteiger partial charge is 0.286 e. The third-order valence-corrected chi connectivity index (χ3v) is 11.3. The van der Waals surface area contributed by atoms with Crippen molar-refractivity contribution in [2.24, 2.45) is 0 Å². The van der Waals surface area contributed by atoms with Crippen LogP contribution in [0.1, 0.15) is 36.2 Å². The highest BCUT2D eigenvalue weighted by Crippen LogP contribution is 2.61. The van der Waals surface area contributed by atoms with Crippen LogP contribution in [0, 0.1) is 0 Å². The van der Waals surface area contributed by atoms with Gasteiger partial charge in [-0.3, -0.25) is 4.79 Å². The Kier molecular flexibility index (Phi) is 7.05. The Bertz CT molecular complexity index is 1650. The molecule has 2 aliphatic rings. The van der Waals surface area contributed by atoms with E-state index in [9.17, 15) is 4.79 Å². The van der Waals surface area contributed by atoms with Crippen LogP contribution >= 0.6 is 39.0 Å². The summed E-state index contributed by atoms with van der Waals surface area (Å²) in [4.78, 5) is 17.9. The van der Waals surface area contributed by atoms with E-state index in [0.717, 1.165) is 27.2 Å². The Hall–Kier alpha value is -3.31. The quantitative estimate of drug-likeness (QED) is 0.131. The average Bonchev–Trinajstić information content (AvgIpc) is 3.74. The van der Waals surface area contributed by atoms with E-state index in [1.54, 1.807) is 11.3 Å². The van der Waals surface area contributed by atoms with Crippen molar-refractivity contribution >= 4 is 56.3 Å². The van der Waals surface area contributed by atoms with E-state index in [-0.39, 0.29) is 28.1 Å². The highest BCUT2D eigenvalue weighted by molar-refractivity contribution is 9.10. The number of quaternary nitrogens is 1. The van der Waals surface area contributed by atoms with Crippen molar-refractivity contribution in [3.05, 3.63) is 123 Å². The van der Waals surface area contributed by atoms with E-state index < -0.39 is 0 Å². The molecule has 2 unspecified atom stereocenters. The van der Waals surface area contributed by atoms with Gasteiger partial charge in [-0.1, -0.05) is 70.5 Å². The molecule has 0 aliphatic carbocycles. The van der Waals surface area contributed by atoms with Gasteiger partial charge in [0.05, 0.1) is 6.54 Å². The largest absolute Gasteiger partial charge is 0.307 e. The minimum absolute atomic E-state index is 0.0553. The van der Waals surface area contributed by atoms with Crippen LogP contribution in [0.15, 0.2) is 107 Å². The van der Waals surface area contributed by atoms with Crippen LogP contribution in [0.5, 0.6) is 0 Å². The molecule has 2 fully saturated rings. The first-order valence-electron chi connectivity index (χ1n) is 13.9. The number of thioether (sulfide) groups is 1. The van der Waals surface area contributed by atoms with Gasteiger partial charge in [-0.2, -0.15) is 0 Å². The molecular weight excluding hydrogens is 628 g/mol. The third-order valence-electron chi connectivity index (χ3n) is 8.36. The minimum atomic E-state index is -0.325. The molecule has 0 radical (unpaired) electrons. The van der Waals surface area contributed by atoms with E-state index in [2.05, 4.69) is 130 Å². The number of carbonyl (C=O) groups is 1. The summed E-state index contributed by atoms with van der Waals surface area (Å²) < 4.78 is 3.00. The Balaban J connectivity index is 1.34. The lowest BCUT2D eigenvalue weighted by molar-refractivity contribution is -0.154. The van der Waals surface area contributed by atoms with E-state index in [0.29, 0.717) is 17.6 Å². The Morgan fingerprint density at radius 3 is 2.19 bits per heavy atom. The molecule has 0 spiro atoms. The number of hydrogen-bond donors (Lipinski definition) is 0. The maximum Gasteiger partial charge on any atom is 0.286 e. The fourth-order valence-electron chi connectivity index (χ4n) is 6.50. The van der Waals surface area contributed by atoms with Gasteiger partial charge in [-0.15, -0.1) is 28.2 Å². The van der Waals surface area contributed by atoms with Crippen molar-refractivity contribution in [1.82, 2.24) is 29.6 Å². The van der Waals surface area contributed by atoms with Crippen molar-refractivity contribution in [1.29, 1.82) is 0 Å². The van der Waals surface area contributed by atoms with Crippen molar-refractivity contribution in [2.75, 3.05) is 0 Å². The maximum atomic E-state index is 14.7. The standard InChI is InChI=1S/C32H30BrN6OS2/c1-32(2)28(29-34-35-36-37(29)20-26-14-9-19-41-26)38-30(40)27(31(38)42-32)39(24-10-5-3-6-11-24,25-12-7-4-8-13-25)21-22-15-17-23(33)18-16-22/h3-19,27-28,31H,20-21H2,1-2H3/q+1/t27?,28?,31-/m0/s1. The predicted octanol–water partition coefficient (Wildman–Crippen LogP) is 7.19. The summed E-state index contributed by atoms with van der Waals surface area (Å²) in [6.45, 7) is 5.65. The average molecular weight is 659 g/mol. The summed E-state index contributed by atoms with van der Waals surface area (Å²) in [6.07, 6.45) is 0. The molecule has 212 valence electrons. The summed E-state index contributed by atoms with van der Waals surface area (Å²) in [5.74, 6) is 0.860. The molecule has 42 heavy (non-hydrogen) atoms. The van der Waals surface area contributed by atoms with Crippen LogP contribution in [-0.4, -0.2) is 47.2 Å². The number of tetrazole rings is 1. The van der Waals surface area contributed by atoms with Gasteiger partial charge in [0.25, 0.3) is 5.91 Å². The minimum Gasteiger partial charge on any atom is -0.307 e. The molecule has 3 aromatic carbocycles. The number of benzene rings is 3. The molecular formula is C32H30BrN6OS2+. The van der Waals surface area contributed by atoms with Crippen LogP contribution in [-0.2, 0) is 17.9 Å². The van der Waals surface area contributed by atoms with Gasteiger partial charge in [0.1, 0.15) is 29.3 Å². The number of carbonyl (C=O) groups excluding carboxylic acids is 1. The second kappa shape index (κ2) is 10.8. The van der Waals surface area contributed by atoms with Crippen LogP contribution in [0.4, 0.5) is 11.4 Å². The number of amides is 1. The molecule has 0 N–H and O–H groups in total. The molecule has 1 amide bonds. The van der Waals surface area contributed by atoms with E-state index in [1.165, 1.54) is 4.88 Å². The lowest BCUT2D eigenvalue weighted by atomic mass is 9.91. The highest BCUT2D eigenvalue weighted by atomic mass is 79.9. The zero-order chi connectivity index (χ0) is 28.9. The van der Waals surface area contributed by atoms with Gasteiger partial charge in [-0.05, 0) is 72.1 Å². The SMILES string of the molecule is CC1(C)S[C@H]2C([N+](Cc3ccc(Br)cc3)(c3ccccc3)c3ccccc3)C(=O)N2C1c1nnnn1Cc1cccs1. The number of fused-ring (bicyclic) bond motifs is 1. The fourth-order valence-corrected chi connectivity index (χ4v) is 9.22. The number of nitrogens with zero attached hydrogens (tertiary/aromatic N) is 6. The molecule has 7 rings (SSSR count). The van der Waals surface area contributed by atoms with E-state index in [4.69, 9.17) is 0 Å². The summed E-state index contributed by atoms with van der Waals surface area (Å²) in [5, 5.41) is 14.9. The summed E-state index contributed by atoms with van der Waals surface area (Å²) in [5.41, 5.74) is 3.35. The molecule has 2 aliphatic heterocycles. The summed E-state index contributed by atoms with van der Waals surface area (Å²) >= 11 is 7.13. The van der Waals surface area contributed by atoms with E-state index >= 15 is 0 Å². The molecule has 0 saturated carbocycles. The van der Waals surface area contributed by atoms with E-state index in [1.807, 2.05) is 39.5 Å². The first kappa shape index (κ1) is 27.5. The fraction of sp³-hybridized carbons (Fsp3) is 0.250. The molecule has 5 aromatic rings. The van der Waals surface area contributed by atoms with Crippen molar-refractivity contribution < 1.29 is 4.79 Å². The van der Waals surface area contributed by atoms with Crippen LogP contribution in [0.2, 0.25) is 0 Å². The number of halogens is 1. The Morgan fingerprint density at radius 2 is 1.57 bits per heavy atom. The summed E-state index contributed by atoms with van der Waals surface area (Å²) in [7, 11) is 0. The van der Waals surface area contributed by atoms with Crippen LogP contribution in [0.3, 0.4) is 0 Å². The van der Waals surface area contributed by atoms with Gasteiger partial charge < -0.3 is 4.90 Å². The molecule has 4 heterocycles. The van der Waals surface area contributed by atoms with Crippen molar-refractivity contribution in [3.63, 3.8) is 0 Å². The number of hydrogen-bond acceptors (Lipinski definition) is 6. The summed E-state index contributed by atoms with van der Waals surface area (Å²) in [6, 6.07) is 33.0. The van der Waals surface area contributed by atoms with Crippen molar-refractivity contribution in [2.45, 2.75) is 49.1 Å². The first-order chi connectivity index (χ1) is 20.4. The number of rotatable bonds is 8. The molecule has 2 aromatic heterocycles. The van der Waals surface area contributed by atoms with Crippen LogP contribution < -0.4 is 4.48 Å². The van der Waals surface area contributed by atoms with Gasteiger partial charge in [0, 0.05) is 19.7 Å². The molecule has 3 atom stereocenters. The lowest BCUT2D eigenvalue weighted by Gasteiger charge is -2.53. The second-order valence-electron chi connectivity index (χ2n) is 11.3. The van der Waals surface area contributed by atoms with Gasteiger partial charge in [0.15, 0.2) is 5.82 Å². The molecule has 0 bridgehead atoms. The number of β-lactam (4-membered cyclic amide) rings is 1. The highest BCUT2D eigenvalue weighted by Gasteiger charge is 2.70. The van der Waals surface area contributed by atoms with Gasteiger partial charge >= 0.3 is 0 Å².